The average molecular weight is 357 g/mol. The van der Waals surface area contributed by atoms with Crippen molar-refractivity contribution in [2.75, 3.05) is 0 Å². The molecule has 1 fully saturated rings. The number of rotatable bonds is 5. The Hall–Kier alpha value is -1.68. The first-order chi connectivity index (χ1) is 12.1. The number of ether oxygens (including phenoxy) is 1. The maximum atomic E-state index is 13.8. The van der Waals surface area contributed by atoms with E-state index < -0.39 is 11.6 Å². The van der Waals surface area contributed by atoms with Crippen molar-refractivity contribution < 1.29 is 13.5 Å². The minimum absolute atomic E-state index is 0.0416. The zero-order chi connectivity index (χ0) is 17.8. The van der Waals surface area contributed by atoms with Crippen LogP contribution in [0.15, 0.2) is 36.4 Å². The van der Waals surface area contributed by atoms with Gasteiger partial charge in [0.25, 0.3) is 0 Å². The van der Waals surface area contributed by atoms with E-state index in [0.717, 1.165) is 17.5 Å². The second-order valence-electron chi connectivity index (χ2n) is 6.96. The van der Waals surface area contributed by atoms with Crippen molar-refractivity contribution in [3.63, 3.8) is 0 Å². The molecule has 1 aliphatic carbocycles. The van der Waals surface area contributed by atoms with Crippen molar-refractivity contribution in [1.82, 2.24) is 0 Å². The van der Waals surface area contributed by atoms with Gasteiger partial charge < -0.3 is 4.74 Å². The summed E-state index contributed by atoms with van der Waals surface area (Å²) < 4.78 is 32.9. The molecule has 2 aromatic rings. The Kier molecular flexibility index (Phi) is 5.89. The van der Waals surface area contributed by atoms with E-state index in [1.807, 2.05) is 12.1 Å². The van der Waals surface area contributed by atoms with Gasteiger partial charge in [0.15, 0.2) is 11.6 Å². The highest BCUT2D eigenvalue weighted by Gasteiger charge is 2.21. The average Bonchev–Trinajstić information content (AvgIpc) is 2.66. The molecule has 0 aromatic heterocycles. The Morgan fingerprint density at radius 3 is 2.28 bits per heavy atom. The van der Waals surface area contributed by atoms with E-state index in [1.54, 1.807) is 0 Å². The summed E-state index contributed by atoms with van der Waals surface area (Å²) in [5.41, 5.74) is 2.60. The highest BCUT2D eigenvalue weighted by Crippen LogP contribution is 2.36. The highest BCUT2D eigenvalue weighted by molar-refractivity contribution is 6.08. The summed E-state index contributed by atoms with van der Waals surface area (Å²) >= 11 is 0. The normalized spacial score (nSPS) is 20.5. The number of aryl methyl sites for hydroxylation is 1. The lowest BCUT2D eigenvalue weighted by Crippen LogP contribution is -2.13. The van der Waals surface area contributed by atoms with Crippen molar-refractivity contribution in [2.24, 2.45) is 5.92 Å². The zero-order valence-electron chi connectivity index (χ0n) is 14.5. The topological polar surface area (TPSA) is 9.23 Å². The smallest absolute Gasteiger partial charge is 0.200 e. The van der Waals surface area contributed by atoms with Crippen LogP contribution in [0.3, 0.4) is 0 Å². The lowest BCUT2D eigenvalue weighted by atomic mass is 9.79. The molecule has 0 amide bonds. The number of hydrogen-bond donors (Lipinski definition) is 0. The molecular formula is C21H23F2OSi. The van der Waals surface area contributed by atoms with Crippen LogP contribution < -0.4 is 4.74 Å². The zero-order valence-corrected chi connectivity index (χ0v) is 15.5. The molecule has 0 saturated heterocycles. The standard InChI is InChI=1S/C21H23F2OSi/c1-14-2-11-19(21(23)20(14)22)24-12-15-3-7-17(8-4-15)18-9-5-16(13-25)6-10-18/h2-4,7-8,11,16,18H,5-6,9-10,12-13H2,1H3. The molecule has 131 valence electrons. The molecule has 4 heteroatoms. The van der Waals surface area contributed by atoms with Gasteiger partial charge >= 0.3 is 0 Å². The van der Waals surface area contributed by atoms with Crippen molar-refractivity contribution in [3.05, 3.63) is 64.7 Å². The van der Waals surface area contributed by atoms with Gasteiger partial charge in [-0.05, 0) is 54.4 Å². The fourth-order valence-electron chi connectivity index (χ4n) is 3.49. The van der Waals surface area contributed by atoms with E-state index in [4.69, 9.17) is 4.74 Å². The monoisotopic (exact) mass is 357 g/mol. The first-order valence-corrected chi connectivity index (χ1v) is 9.60. The Balaban J connectivity index is 1.59. The number of benzene rings is 2. The molecule has 25 heavy (non-hydrogen) atoms. The van der Waals surface area contributed by atoms with Gasteiger partial charge in [0, 0.05) is 10.2 Å². The molecule has 1 aliphatic rings. The second kappa shape index (κ2) is 8.13. The lowest BCUT2D eigenvalue weighted by molar-refractivity contribution is 0.284. The van der Waals surface area contributed by atoms with Gasteiger partial charge in [-0.15, -0.1) is 0 Å². The molecule has 0 N–H and O–H groups in total. The molecule has 0 atom stereocenters. The predicted molar refractivity (Wildman–Crippen MR) is 97.1 cm³/mol. The summed E-state index contributed by atoms with van der Waals surface area (Å²) in [5.74, 6) is -0.356. The van der Waals surface area contributed by atoms with Crippen molar-refractivity contribution in [1.29, 1.82) is 0 Å². The predicted octanol–water partition coefficient (Wildman–Crippen LogP) is 5.71. The third kappa shape index (κ3) is 4.29. The minimum Gasteiger partial charge on any atom is -0.486 e. The van der Waals surface area contributed by atoms with Crippen LogP contribution in [0.2, 0.25) is 6.04 Å². The van der Waals surface area contributed by atoms with Crippen LogP contribution >= 0.6 is 0 Å². The van der Waals surface area contributed by atoms with Crippen molar-refractivity contribution in [2.45, 2.75) is 51.2 Å². The number of halogens is 2. The van der Waals surface area contributed by atoms with Crippen LogP contribution in [-0.4, -0.2) is 10.2 Å². The van der Waals surface area contributed by atoms with Crippen LogP contribution in [0, 0.1) is 24.5 Å². The summed E-state index contributed by atoms with van der Waals surface area (Å²) in [7, 11) is 3.63. The van der Waals surface area contributed by atoms with Gasteiger partial charge in [-0.1, -0.05) is 49.2 Å². The Morgan fingerprint density at radius 1 is 0.960 bits per heavy atom. The second-order valence-corrected chi connectivity index (χ2v) is 7.37. The molecule has 2 aromatic carbocycles. The maximum absolute atomic E-state index is 13.8. The molecule has 1 saturated carbocycles. The van der Waals surface area contributed by atoms with E-state index in [-0.39, 0.29) is 17.9 Å². The molecular weight excluding hydrogens is 334 g/mol. The molecule has 3 radical (unpaired) electrons. The van der Waals surface area contributed by atoms with Crippen LogP contribution in [0.5, 0.6) is 5.75 Å². The molecule has 0 spiro atoms. The summed E-state index contributed by atoms with van der Waals surface area (Å²) in [4.78, 5) is 0. The lowest BCUT2D eigenvalue weighted by Gasteiger charge is -2.28. The third-order valence-electron chi connectivity index (χ3n) is 5.22. The fourth-order valence-corrected chi connectivity index (χ4v) is 3.90. The fraction of sp³-hybridized carbons (Fsp3) is 0.429. The van der Waals surface area contributed by atoms with E-state index in [1.165, 1.54) is 50.3 Å². The van der Waals surface area contributed by atoms with Crippen molar-refractivity contribution in [3.8, 4) is 5.75 Å². The van der Waals surface area contributed by atoms with Gasteiger partial charge in [0.1, 0.15) is 6.61 Å². The van der Waals surface area contributed by atoms with Crippen molar-refractivity contribution >= 4 is 10.2 Å². The van der Waals surface area contributed by atoms with E-state index in [9.17, 15) is 8.78 Å². The van der Waals surface area contributed by atoms with Gasteiger partial charge in [0.05, 0.1) is 0 Å². The Morgan fingerprint density at radius 2 is 1.64 bits per heavy atom. The molecule has 3 rings (SSSR count). The van der Waals surface area contributed by atoms with Crippen LogP contribution in [0.1, 0.15) is 48.3 Å². The highest BCUT2D eigenvalue weighted by atomic mass is 28.1. The van der Waals surface area contributed by atoms with Gasteiger partial charge in [-0.3, -0.25) is 0 Å². The first kappa shape index (κ1) is 18.1. The van der Waals surface area contributed by atoms with Gasteiger partial charge in [-0.25, -0.2) is 4.39 Å². The molecule has 0 heterocycles. The summed E-state index contributed by atoms with van der Waals surface area (Å²) in [6, 6.07) is 12.4. The third-order valence-corrected chi connectivity index (χ3v) is 5.80. The summed E-state index contributed by atoms with van der Waals surface area (Å²) in [6.45, 7) is 1.77. The van der Waals surface area contributed by atoms with Crippen LogP contribution in [-0.2, 0) is 6.61 Å². The van der Waals surface area contributed by atoms with Crippen LogP contribution in [0.4, 0.5) is 8.78 Å². The quantitative estimate of drug-likeness (QED) is 0.623. The molecule has 0 unspecified atom stereocenters. The maximum Gasteiger partial charge on any atom is 0.200 e. The summed E-state index contributed by atoms with van der Waals surface area (Å²) in [6.07, 6.45) is 5.02. The van der Waals surface area contributed by atoms with Gasteiger partial charge in [0.2, 0.25) is 5.82 Å². The Bertz CT molecular complexity index is 707. The molecule has 0 aliphatic heterocycles. The Labute approximate surface area is 151 Å². The van der Waals surface area contributed by atoms with Crippen LogP contribution in [0.25, 0.3) is 0 Å². The number of hydrogen-bond acceptors (Lipinski definition) is 1. The van der Waals surface area contributed by atoms with E-state index >= 15 is 0 Å². The largest absolute Gasteiger partial charge is 0.486 e. The SMILES string of the molecule is Cc1ccc(OCc2ccc(C3CCC(C[Si])CC3)cc2)c(F)c1F. The first-order valence-electron chi connectivity index (χ1n) is 8.89. The molecule has 0 bridgehead atoms. The molecule has 1 nitrogen and oxygen atoms in total. The minimum atomic E-state index is -0.917. The summed E-state index contributed by atoms with van der Waals surface area (Å²) in [5, 5.41) is 0. The van der Waals surface area contributed by atoms with E-state index in [2.05, 4.69) is 22.4 Å². The van der Waals surface area contributed by atoms with Gasteiger partial charge in [-0.2, -0.15) is 4.39 Å². The van der Waals surface area contributed by atoms with E-state index in [0.29, 0.717) is 5.92 Å².